The Morgan fingerprint density at radius 3 is 2.67 bits per heavy atom. The predicted molar refractivity (Wildman–Crippen MR) is 90.6 cm³/mol. The molecule has 0 atom stereocenters. The summed E-state index contributed by atoms with van der Waals surface area (Å²) in [6.45, 7) is 0. The van der Waals surface area contributed by atoms with Crippen LogP contribution in [0.1, 0.15) is 0 Å². The molecule has 0 aliphatic rings. The van der Waals surface area contributed by atoms with Gasteiger partial charge < -0.3 is 4.98 Å². The summed E-state index contributed by atoms with van der Waals surface area (Å²) in [4.78, 5) is 34.0. The summed E-state index contributed by atoms with van der Waals surface area (Å²) in [7, 11) is 0. The molecule has 0 saturated carbocycles. The second-order valence-electron chi connectivity index (χ2n) is 5.10. The van der Waals surface area contributed by atoms with E-state index in [1.807, 2.05) is 6.07 Å². The summed E-state index contributed by atoms with van der Waals surface area (Å²) >= 11 is 5.94. The van der Waals surface area contributed by atoms with Gasteiger partial charge in [-0.3, -0.25) is 9.78 Å². The minimum Gasteiger partial charge on any atom is -0.319 e. The lowest BCUT2D eigenvalue weighted by Crippen LogP contribution is -2.15. The van der Waals surface area contributed by atoms with Gasteiger partial charge in [0.1, 0.15) is 0 Å². The molecule has 4 aromatic rings. The molecule has 0 fully saturated rings. The minimum absolute atomic E-state index is 0.0478. The number of hydrogen-bond acceptors (Lipinski definition) is 4. The molecule has 0 bridgehead atoms. The first-order chi connectivity index (χ1) is 11.6. The van der Waals surface area contributed by atoms with Gasteiger partial charge in [0, 0.05) is 5.02 Å². The van der Waals surface area contributed by atoms with Crippen LogP contribution in [0.2, 0.25) is 5.02 Å². The van der Waals surface area contributed by atoms with Gasteiger partial charge in [-0.15, -0.1) is 5.10 Å². The van der Waals surface area contributed by atoms with Crippen LogP contribution < -0.4 is 11.2 Å². The number of para-hydroxylation sites is 2. The number of benzene rings is 2. The van der Waals surface area contributed by atoms with E-state index in [-0.39, 0.29) is 11.5 Å². The fourth-order valence-electron chi connectivity index (χ4n) is 2.40. The van der Waals surface area contributed by atoms with Crippen molar-refractivity contribution in [3.8, 4) is 17.2 Å². The van der Waals surface area contributed by atoms with Gasteiger partial charge in [-0.05, 0) is 30.3 Å². The van der Waals surface area contributed by atoms with Gasteiger partial charge in [-0.25, -0.2) is 9.78 Å². The van der Waals surface area contributed by atoms with Crippen molar-refractivity contribution < 1.29 is 0 Å². The smallest absolute Gasteiger partial charge is 0.319 e. The monoisotopic (exact) mass is 339 g/mol. The first-order valence-electron chi connectivity index (χ1n) is 7.06. The van der Waals surface area contributed by atoms with Crippen molar-refractivity contribution in [2.24, 2.45) is 0 Å². The maximum Gasteiger partial charge on any atom is 0.348 e. The van der Waals surface area contributed by atoms with Crippen LogP contribution in [0.15, 0.2) is 58.1 Å². The van der Waals surface area contributed by atoms with E-state index in [1.54, 1.807) is 42.5 Å². The molecule has 24 heavy (non-hydrogen) atoms. The minimum atomic E-state index is -0.485. The highest BCUT2D eigenvalue weighted by Gasteiger charge is 2.14. The number of aromatic nitrogens is 5. The van der Waals surface area contributed by atoms with Crippen LogP contribution in [0.3, 0.4) is 0 Å². The molecule has 2 aromatic heterocycles. The fourth-order valence-corrected chi connectivity index (χ4v) is 2.59. The summed E-state index contributed by atoms with van der Waals surface area (Å²) in [5.74, 6) is 0.0898. The average molecular weight is 340 g/mol. The normalized spacial score (nSPS) is 11.0. The van der Waals surface area contributed by atoms with Gasteiger partial charge in [-0.2, -0.15) is 4.68 Å². The van der Waals surface area contributed by atoms with Gasteiger partial charge in [0.25, 0.3) is 5.56 Å². The molecular weight excluding hydrogens is 330 g/mol. The number of nitrogens with zero attached hydrogens (tertiary/aromatic N) is 3. The molecule has 0 unspecified atom stereocenters. The lowest BCUT2D eigenvalue weighted by atomic mass is 10.3. The number of H-pyrrole nitrogens is 2. The molecule has 2 heterocycles. The van der Waals surface area contributed by atoms with E-state index in [0.717, 1.165) is 4.68 Å². The molecular formula is C16H10ClN5O2. The van der Waals surface area contributed by atoms with Crippen molar-refractivity contribution in [2.75, 3.05) is 0 Å². The zero-order chi connectivity index (χ0) is 16.7. The Morgan fingerprint density at radius 1 is 1.00 bits per heavy atom. The predicted octanol–water partition coefficient (Wildman–Crippen LogP) is 2.12. The van der Waals surface area contributed by atoms with Gasteiger partial charge in [-0.1, -0.05) is 29.8 Å². The molecule has 0 radical (unpaired) electrons. The molecule has 118 valence electrons. The Kier molecular flexibility index (Phi) is 3.28. The van der Waals surface area contributed by atoms with Crippen LogP contribution in [0.25, 0.3) is 28.2 Å². The molecule has 0 amide bonds. The van der Waals surface area contributed by atoms with E-state index < -0.39 is 11.2 Å². The fraction of sp³-hybridized carbons (Fsp3) is 0. The van der Waals surface area contributed by atoms with Crippen molar-refractivity contribution >= 4 is 22.6 Å². The van der Waals surface area contributed by atoms with Crippen molar-refractivity contribution in [3.05, 3.63) is 74.4 Å². The van der Waals surface area contributed by atoms with E-state index >= 15 is 0 Å². The number of fused-ring (bicyclic) bond motifs is 1. The highest BCUT2D eigenvalue weighted by Crippen LogP contribution is 2.15. The van der Waals surface area contributed by atoms with Crippen molar-refractivity contribution in [2.45, 2.75) is 0 Å². The quantitative estimate of drug-likeness (QED) is 0.584. The second-order valence-corrected chi connectivity index (χ2v) is 5.54. The molecule has 2 N–H and O–H groups in total. The summed E-state index contributed by atoms with van der Waals surface area (Å²) < 4.78 is 1.14. The van der Waals surface area contributed by atoms with Crippen LogP contribution in [-0.4, -0.2) is 24.7 Å². The summed E-state index contributed by atoms with van der Waals surface area (Å²) in [6.07, 6.45) is 0. The zero-order valence-corrected chi connectivity index (χ0v) is 12.9. The van der Waals surface area contributed by atoms with E-state index in [9.17, 15) is 9.59 Å². The summed E-state index contributed by atoms with van der Waals surface area (Å²) in [5.41, 5.74) is 0.842. The Balaban J connectivity index is 1.90. The summed E-state index contributed by atoms with van der Waals surface area (Å²) in [6, 6.07) is 13.8. The number of halogens is 1. The van der Waals surface area contributed by atoms with Crippen molar-refractivity contribution in [1.29, 1.82) is 0 Å². The van der Waals surface area contributed by atoms with Crippen LogP contribution >= 0.6 is 11.6 Å². The molecule has 2 aromatic carbocycles. The zero-order valence-electron chi connectivity index (χ0n) is 12.2. The Bertz CT molecular complexity index is 1170. The Labute approximate surface area is 139 Å². The second kappa shape index (κ2) is 5.47. The molecule has 0 spiro atoms. The Morgan fingerprint density at radius 2 is 1.83 bits per heavy atom. The SMILES string of the molecule is O=c1[nH]c2ccccc2nc1-c1nn(-c2cccc(Cl)c2)c(=O)[nH]1. The molecule has 7 nitrogen and oxygen atoms in total. The van der Waals surface area contributed by atoms with Crippen LogP contribution in [0, 0.1) is 0 Å². The first kappa shape index (κ1) is 14.4. The van der Waals surface area contributed by atoms with Crippen LogP contribution in [0.4, 0.5) is 0 Å². The third-order valence-electron chi connectivity index (χ3n) is 3.49. The molecule has 8 heteroatoms. The van der Waals surface area contributed by atoms with Crippen LogP contribution in [0.5, 0.6) is 0 Å². The van der Waals surface area contributed by atoms with Gasteiger partial charge in [0.05, 0.1) is 16.7 Å². The maximum absolute atomic E-state index is 12.2. The third-order valence-corrected chi connectivity index (χ3v) is 3.73. The summed E-state index contributed by atoms with van der Waals surface area (Å²) in [5, 5.41) is 4.64. The van der Waals surface area contributed by atoms with Gasteiger partial charge in [0.2, 0.25) is 0 Å². The van der Waals surface area contributed by atoms with Crippen LogP contribution in [-0.2, 0) is 0 Å². The average Bonchev–Trinajstić information content (AvgIpc) is 2.96. The first-order valence-corrected chi connectivity index (χ1v) is 7.44. The van der Waals surface area contributed by atoms with E-state index in [0.29, 0.717) is 21.7 Å². The molecule has 4 rings (SSSR count). The number of nitrogens with one attached hydrogen (secondary N) is 2. The van der Waals surface area contributed by atoms with Crippen molar-refractivity contribution in [3.63, 3.8) is 0 Å². The van der Waals surface area contributed by atoms with E-state index in [4.69, 9.17) is 11.6 Å². The molecule has 0 aliphatic heterocycles. The van der Waals surface area contributed by atoms with Gasteiger partial charge >= 0.3 is 5.69 Å². The van der Waals surface area contributed by atoms with E-state index in [2.05, 4.69) is 20.1 Å². The largest absolute Gasteiger partial charge is 0.348 e. The number of aromatic amines is 2. The highest BCUT2D eigenvalue weighted by atomic mass is 35.5. The number of rotatable bonds is 2. The standard InChI is InChI=1S/C16H10ClN5O2/c17-9-4-3-5-10(8-9)22-16(24)20-14(21-22)13-15(23)19-12-7-2-1-6-11(12)18-13/h1-8H,(H,19,23)(H,20,21,24). The lowest BCUT2D eigenvalue weighted by molar-refractivity contribution is 0.844. The maximum atomic E-state index is 12.2. The van der Waals surface area contributed by atoms with Crippen molar-refractivity contribution in [1.82, 2.24) is 24.7 Å². The Hall–Kier alpha value is -3.19. The molecule has 0 saturated heterocycles. The molecule has 0 aliphatic carbocycles. The van der Waals surface area contributed by atoms with Gasteiger partial charge in [0.15, 0.2) is 11.5 Å². The number of hydrogen-bond donors (Lipinski definition) is 2. The third kappa shape index (κ3) is 2.40. The lowest BCUT2D eigenvalue weighted by Gasteiger charge is -2.00. The van der Waals surface area contributed by atoms with E-state index in [1.165, 1.54) is 0 Å². The topological polar surface area (TPSA) is 96.4 Å². The highest BCUT2D eigenvalue weighted by molar-refractivity contribution is 6.30.